The van der Waals surface area contributed by atoms with E-state index >= 15 is 0 Å². The molecule has 7 heteroatoms. The van der Waals surface area contributed by atoms with Crippen molar-refractivity contribution in [2.24, 2.45) is 0 Å². The van der Waals surface area contributed by atoms with Crippen LogP contribution in [0.3, 0.4) is 0 Å². The average Bonchev–Trinajstić information content (AvgIpc) is 2.52. The van der Waals surface area contributed by atoms with E-state index in [2.05, 4.69) is 9.71 Å². The number of carbonyl (C=O) groups is 1. The predicted octanol–water partition coefficient (Wildman–Crippen LogP) is 1.80. The molecule has 0 unspecified atom stereocenters. The van der Waals surface area contributed by atoms with Crippen molar-refractivity contribution < 1.29 is 14.1 Å². The molecule has 1 aliphatic rings. The topological polar surface area (TPSA) is 71.5 Å². The summed E-state index contributed by atoms with van der Waals surface area (Å²) < 4.78 is 7.68. The van der Waals surface area contributed by atoms with Gasteiger partial charge in [0.1, 0.15) is 10.6 Å². The quantitative estimate of drug-likeness (QED) is 0.553. The van der Waals surface area contributed by atoms with E-state index < -0.39 is 5.97 Å². The summed E-state index contributed by atoms with van der Waals surface area (Å²) in [6, 6.07) is 0. The lowest BCUT2D eigenvalue weighted by Crippen LogP contribution is -1.99. The van der Waals surface area contributed by atoms with E-state index in [1.807, 2.05) is 0 Å². The third kappa shape index (κ3) is 1.27. The molecule has 2 N–H and O–H groups in total. The van der Waals surface area contributed by atoms with Crippen LogP contribution in [0.25, 0.3) is 0 Å². The Kier molecular flexibility index (Phi) is 1.93. The fourth-order valence-electron chi connectivity index (χ4n) is 0.870. The van der Waals surface area contributed by atoms with Gasteiger partial charge in [-0.25, -0.2) is 9.78 Å². The van der Waals surface area contributed by atoms with Crippen LogP contribution in [0, 0.1) is 0 Å². The van der Waals surface area contributed by atoms with E-state index in [0.29, 0.717) is 5.82 Å². The van der Waals surface area contributed by atoms with Crippen LogP contribution in [0.5, 0.6) is 5.75 Å². The number of anilines is 1. The number of hydrogen-bond donors (Lipinski definition) is 2. The fourth-order valence-corrected chi connectivity index (χ4v) is 1.69. The standard InChI is InChI=1S/C6H3ClN2O3S/c7-3-2(6(10)11)1-8-5-4(3)12-13-9-5/h1H,(H,8,9)(H,10,11). The molecule has 0 aromatic carbocycles. The third-order valence-electron chi connectivity index (χ3n) is 1.47. The smallest absolute Gasteiger partial charge is 0.338 e. The molecule has 0 bridgehead atoms. The zero-order valence-corrected chi connectivity index (χ0v) is 7.65. The molecule has 0 amide bonds. The minimum Gasteiger partial charge on any atom is -0.478 e. The number of hydrogen-bond acceptors (Lipinski definition) is 5. The van der Waals surface area contributed by atoms with E-state index in [4.69, 9.17) is 20.9 Å². The van der Waals surface area contributed by atoms with Gasteiger partial charge in [0, 0.05) is 6.20 Å². The van der Waals surface area contributed by atoms with Crippen molar-refractivity contribution in [1.29, 1.82) is 0 Å². The Balaban J connectivity index is 2.59. The lowest BCUT2D eigenvalue weighted by molar-refractivity contribution is 0.0696. The predicted molar refractivity (Wildman–Crippen MR) is 48.0 cm³/mol. The highest BCUT2D eigenvalue weighted by Crippen LogP contribution is 2.41. The van der Waals surface area contributed by atoms with Gasteiger partial charge >= 0.3 is 5.97 Å². The van der Waals surface area contributed by atoms with Crippen molar-refractivity contribution in [2.75, 3.05) is 4.72 Å². The van der Waals surface area contributed by atoms with Crippen molar-refractivity contribution in [3.8, 4) is 5.75 Å². The second-order valence-electron chi connectivity index (χ2n) is 2.24. The third-order valence-corrected chi connectivity index (χ3v) is 2.37. The molecule has 0 aliphatic carbocycles. The number of carboxylic acids is 1. The van der Waals surface area contributed by atoms with Crippen molar-refractivity contribution in [1.82, 2.24) is 4.98 Å². The number of rotatable bonds is 1. The minimum absolute atomic E-state index is 0.0648. The molecule has 1 aromatic rings. The molecule has 0 radical (unpaired) electrons. The first-order chi connectivity index (χ1) is 6.20. The molecule has 0 spiro atoms. The number of pyridine rings is 1. The minimum atomic E-state index is -1.12. The first kappa shape index (κ1) is 8.46. The zero-order chi connectivity index (χ0) is 9.42. The van der Waals surface area contributed by atoms with Gasteiger partial charge in [0.2, 0.25) is 5.75 Å². The van der Waals surface area contributed by atoms with Gasteiger partial charge in [-0.3, -0.25) is 4.72 Å². The molecule has 13 heavy (non-hydrogen) atoms. The number of aromatic nitrogens is 1. The second-order valence-corrected chi connectivity index (χ2v) is 3.15. The van der Waals surface area contributed by atoms with Crippen molar-refractivity contribution >= 4 is 35.6 Å². The normalized spacial score (nSPS) is 13.0. The highest BCUT2D eigenvalue weighted by Gasteiger charge is 2.23. The van der Waals surface area contributed by atoms with Gasteiger partial charge in [0.25, 0.3) is 0 Å². The highest BCUT2D eigenvalue weighted by atomic mass is 35.5. The maximum Gasteiger partial charge on any atom is 0.338 e. The Hall–Kier alpha value is -1.14. The molecule has 0 saturated heterocycles. The average molecular weight is 219 g/mol. The molecular weight excluding hydrogens is 216 g/mol. The zero-order valence-electron chi connectivity index (χ0n) is 6.07. The molecule has 2 heterocycles. The first-order valence-corrected chi connectivity index (χ1v) is 4.33. The maximum atomic E-state index is 10.6. The molecule has 0 atom stereocenters. The van der Waals surface area contributed by atoms with E-state index in [0.717, 1.165) is 12.2 Å². The SMILES string of the molecule is O=C(O)c1cnc2c(c1Cl)OSN2. The van der Waals surface area contributed by atoms with Gasteiger partial charge < -0.3 is 9.29 Å². The van der Waals surface area contributed by atoms with Crippen LogP contribution >= 0.6 is 23.8 Å². The first-order valence-electron chi connectivity index (χ1n) is 3.21. The summed E-state index contributed by atoms with van der Waals surface area (Å²) in [5.41, 5.74) is -0.0651. The summed E-state index contributed by atoms with van der Waals surface area (Å²) in [4.78, 5) is 14.4. The Morgan fingerprint density at radius 1 is 1.77 bits per heavy atom. The van der Waals surface area contributed by atoms with Crippen LogP contribution in [0.15, 0.2) is 6.20 Å². The van der Waals surface area contributed by atoms with E-state index in [1.165, 1.54) is 6.20 Å². The van der Waals surface area contributed by atoms with Crippen LogP contribution in [0.4, 0.5) is 5.82 Å². The van der Waals surface area contributed by atoms with Crippen LogP contribution in [-0.2, 0) is 0 Å². The van der Waals surface area contributed by atoms with Crippen molar-refractivity contribution in [2.45, 2.75) is 0 Å². The van der Waals surface area contributed by atoms with Crippen molar-refractivity contribution in [3.05, 3.63) is 16.8 Å². The van der Waals surface area contributed by atoms with Gasteiger partial charge in [0.15, 0.2) is 18.0 Å². The molecule has 1 aliphatic heterocycles. The molecule has 2 rings (SSSR count). The van der Waals surface area contributed by atoms with Crippen LogP contribution < -0.4 is 8.91 Å². The molecular formula is C6H3ClN2O3S. The van der Waals surface area contributed by atoms with Gasteiger partial charge in [-0.15, -0.1) is 0 Å². The van der Waals surface area contributed by atoms with Gasteiger partial charge in [-0.1, -0.05) is 11.6 Å². The summed E-state index contributed by atoms with van der Waals surface area (Å²) in [6.07, 6.45) is 1.19. The summed E-state index contributed by atoms with van der Waals surface area (Å²) in [5, 5.41) is 8.75. The lowest BCUT2D eigenvalue weighted by Gasteiger charge is -2.00. The van der Waals surface area contributed by atoms with Crippen LogP contribution in [0.2, 0.25) is 5.02 Å². The Morgan fingerprint density at radius 2 is 2.54 bits per heavy atom. The largest absolute Gasteiger partial charge is 0.478 e. The van der Waals surface area contributed by atoms with Crippen LogP contribution in [0.1, 0.15) is 10.4 Å². The van der Waals surface area contributed by atoms with Crippen molar-refractivity contribution in [3.63, 3.8) is 0 Å². The summed E-state index contributed by atoms with van der Waals surface area (Å²) in [6.45, 7) is 0. The second kappa shape index (κ2) is 2.97. The van der Waals surface area contributed by atoms with Crippen LogP contribution in [-0.4, -0.2) is 16.1 Å². The summed E-state index contributed by atoms with van der Waals surface area (Å²) in [7, 11) is 0. The molecule has 68 valence electrons. The Labute approximate surface area is 82.4 Å². The number of carboxylic acid groups (broad SMARTS) is 1. The monoisotopic (exact) mass is 218 g/mol. The number of aromatic carboxylic acids is 1. The number of nitrogens with zero attached hydrogens (tertiary/aromatic N) is 1. The van der Waals surface area contributed by atoms with Gasteiger partial charge in [-0.05, 0) is 0 Å². The molecule has 1 aromatic heterocycles. The van der Waals surface area contributed by atoms with Gasteiger partial charge in [-0.2, -0.15) is 0 Å². The highest BCUT2D eigenvalue weighted by molar-refractivity contribution is 7.96. The lowest BCUT2D eigenvalue weighted by atomic mass is 10.2. The van der Waals surface area contributed by atoms with Gasteiger partial charge in [0.05, 0.1) is 0 Å². The Bertz CT molecular complexity index is 384. The number of nitrogens with one attached hydrogen (secondary N) is 1. The molecule has 0 fully saturated rings. The fraction of sp³-hybridized carbons (Fsp3) is 0. The summed E-state index contributed by atoms with van der Waals surface area (Å²) in [5.74, 6) is -0.410. The Morgan fingerprint density at radius 3 is 3.23 bits per heavy atom. The number of halogens is 1. The number of fused-ring (bicyclic) bond motifs is 1. The maximum absolute atomic E-state index is 10.6. The molecule has 0 saturated carbocycles. The van der Waals surface area contributed by atoms with E-state index in [1.54, 1.807) is 0 Å². The van der Waals surface area contributed by atoms with E-state index in [9.17, 15) is 4.79 Å². The van der Waals surface area contributed by atoms with E-state index in [-0.39, 0.29) is 16.3 Å². The molecule has 5 nitrogen and oxygen atoms in total. The summed E-state index contributed by atoms with van der Waals surface area (Å²) >= 11 is 6.70.